The molecule has 138 valence electrons. The third-order valence-electron chi connectivity index (χ3n) is 3.82. The lowest BCUT2D eigenvalue weighted by Gasteiger charge is -2.20. The molecule has 5 nitrogen and oxygen atoms in total. The summed E-state index contributed by atoms with van der Waals surface area (Å²) in [5.74, 6) is -0.378. The summed E-state index contributed by atoms with van der Waals surface area (Å²) in [5.41, 5.74) is 0.957. The molecule has 1 heterocycles. The SMILES string of the molecule is CCCCCCN(CC(=O)Nc1nccs1)C(=O)C=Cc1ccccc1. The van der Waals surface area contributed by atoms with Crippen LogP contribution in [0.25, 0.3) is 6.08 Å². The van der Waals surface area contributed by atoms with Gasteiger partial charge in [0.05, 0.1) is 0 Å². The van der Waals surface area contributed by atoms with E-state index in [1.807, 2.05) is 30.3 Å². The van der Waals surface area contributed by atoms with Crippen LogP contribution in [0.4, 0.5) is 5.13 Å². The highest BCUT2D eigenvalue weighted by Crippen LogP contribution is 2.11. The number of hydrogen-bond acceptors (Lipinski definition) is 4. The van der Waals surface area contributed by atoms with E-state index >= 15 is 0 Å². The van der Waals surface area contributed by atoms with E-state index in [1.54, 1.807) is 22.6 Å². The molecule has 0 aliphatic rings. The number of hydrogen-bond donors (Lipinski definition) is 1. The zero-order valence-corrected chi connectivity index (χ0v) is 15.9. The number of aromatic nitrogens is 1. The Labute approximate surface area is 158 Å². The number of carbonyl (C=O) groups is 2. The maximum Gasteiger partial charge on any atom is 0.247 e. The number of nitrogens with zero attached hydrogens (tertiary/aromatic N) is 2. The number of anilines is 1. The number of benzene rings is 1. The second-order valence-electron chi connectivity index (χ2n) is 5.95. The van der Waals surface area contributed by atoms with Gasteiger partial charge in [-0.1, -0.05) is 56.5 Å². The molecule has 2 amide bonds. The Bertz CT molecular complexity index is 699. The zero-order valence-electron chi connectivity index (χ0n) is 15.1. The van der Waals surface area contributed by atoms with Gasteiger partial charge in [-0.05, 0) is 18.1 Å². The lowest BCUT2D eigenvalue weighted by atomic mass is 10.2. The lowest BCUT2D eigenvalue weighted by Crippen LogP contribution is -2.37. The van der Waals surface area contributed by atoms with Crippen LogP contribution in [0.5, 0.6) is 0 Å². The first-order valence-corrected chi connectivity index (χ1v) is 9.78. The van der Waals surface area contributed by atoms with Crippen molar-refractivity contribution >= 4 is 34.4 Å². The molecule has 2 rings (SSSR count). The summed E-state index contributed by atoms with van der Waals surface area (Å²) in [6.07, 6.45) is 9.15. The molecule has 2 aromatic rings. The Kier molecular flexibility index (Phi) is 8.55. The molecule has 0 radical (unpaired) electrons. The van der Waals surface area contributed by atoms with Crippen molar-refractivity contribution in [3.8, 4) is 0 Å². The predicted molar refractivity (Wildman–Crippen MR) is 107 cm³/mol. The van der Waals surface area contributed by atoms with Gasteiger partial charge in [-0.2, -0.15) is 0 Å². The van der Waals surface area contributed by atoms with Crippen LogP contribution in [0.2, 0.25) is 0 Å². The van der Waals surface area contributed by atoms with Crippen LogP contribution in [0.3, 0.4) is 0 Å². The van der Waals surface area contributed by atoms with E-state index in [0.717, 1.165) is 31.2 Å². The predicted octanol–water partition coefficient (Wildman–Crippen LogP) is 4.20. The Balaban J connectivity index is 1.95. The van der Waals surface area contributed by atoms with Crippen molar-refractivity contribution in [3.05, 3.63) is 53.5 Å². The van der Waals surface area contributed by atoms with Crippen LogP contribution in [-0.2, 0) is 9.59 Å². The molecule has 0 fully saturated rings. The molecule has 1 aromatic carbocycles. The summed E-state index contributed by atoms with van der Waals surface area (Å²) in [4.78, 5) is 30.4. The molecule has 6 heteroatoms. The molecule has 0 saturated heterocycles. The van der Waals surface area contributed by atoms with Crippen LogP contribution in [0.15, 0.2) is 48.0 Å². The minimum atomic E-state index is -0.225. The lowest BCUT2D eigenvalue weighted by molar-refractivity contribution is -0.130. The normalized spacial score (nSPS) is 10.8. The van der Waals surface area contributed by atoms with Crippen LogP contribution >= 0.6 is 11.3 Å². The number of thiazole rings is 1. The molecular formula is C20H25N3O2S. The van der Waals surface area contributed by atoms with E-state index in [-0.39, 0.29) is 18.4 Å². The van der Waals surface area contributed by atoms with Gasteiger partial charge in [0, 0.05) is 24.2 Å². The third-order valence-corrected chi connectivity index (χ3v) is 4.51. The van der Waals surface area contributed by atoms with Crippen molar-refractivity contribution < 1.29 is 9.59 Å². The van der Waals surface area contributed by atoms with E-state index in [2.05, 4.69) is 17.2 Å². The van der Waals surface area contributed by atoms with Crippen LogP contribution < -0.4 is 5.32 Å². The summed E-state index contributed by atoms with van der Waals surface area (Å²) in [6.45, 7) is 2.75. The number of carbonyl (C=O) groups excluding carboxylic acids is 2. The average Bonchev–Trinajstić information content (AvgIpc) is 3.16. The van der Waals surface area contributed by atoms with E-state index in [9.17, 15) is 9.59 Å². The topological polar surface area (TPSA) is 62.3 Å². The van der Waals surface area contributed by atoms with Gasteiger partial charge < -0.3 is 10.2 Å². The Morgan fingerprint density at radius 3 is 2.69 bits per heavy atom. The number of unbranched alkanes of at least 4 members (excludes halogenated alkanes) is 3. The smallest absolute Gasteiger partial charge is 0.247 e. The fraction of sp³-hybridized carbons (Fsp3) is 0.350. The van der Waals surface area contributed by atoms with Crippen LogP contribution in [0.1, 0.15) is 38.2 Å². The van der Waals surface area contributed by atoms with Gasteiger partial charge in [0.2, 0.25) is 11.8 Å². The van der Waals surface area contributed by atoms with Crippen LogP contribution in [-0.4, -0.2) is 34.8 Å². The molecule has 0 unspecified atom stereocenters. The standard InChI is InChI=1S/C20H25N3O2S/c1-2-3-4-8-14-23(16-18(24)22-20-21-13-15-26-20)19(25)12-11-17-9-6-5-7-10-17/h5-7,9-13,15H,2-4,8,14,16H2,1H3,(H,21,22,24). The summed E-state index contributed by atoms with van der Waals surface area (Å²) in [6, 6.07) is 9.65. The van der Waals surface area contributed by atoms with Gasteiger partial charge in [-0.15, -0.1) is 11.3 Å². The molecule has 26 heavy (non-hydrogen) atoms. The van der Waals surface area contributed by atoms with Gasteiger partial charge in [-0.3, -0.25) is 9.59 Å². The van der Waals surface area contributed by atoms with Crippen molar-refractivity contribution in [2.75, 3.05) is 18.4 Å². The van der Waals surface area contributed by atoms with E-state index in [1.165, 1.54) is 17.4 Å². The molecule has 0 spiro atoms. The molecule has 0 saturated carbocycles. The van der Waals surface area contributed by atoms with Crippen molar-refractivity contribution in [1.82, 2.24) is 9.88 Å². The molecule has 0 aliphatic heterocycles. The fourth-order valence-electron chi connectivity index (χ4n) is 2.45. The first-order chi connectivity index (χ1) is 12.7. The first-order valence-electron chi connectivity index (χ1n) is 8.90. The van der Waals surface area contributed by atoms with Gasteiger partial charge >= 0.3 is 0 Å². The van der Waals surface area contributed by atoms with Crippen molar-refractivity contribution in [1.29, 1.82) is 0 Å². The van der Waals surface area contributed by atoms with E-state index in [0.29, 0.717) is 11.7 Å². The Morgan fingerprint density at radius 2 is 2.00 bits per heavy atom. The largest absolute Gasteiger partial charge is 0.330 e. The average molecular weight is 372 g/mol. The Morgan fingerprint density at radius 1 is 1.19 bits per heavy atom. The molecule has 1 N–H and O–H groups in total. The van der Waals surface area contributed by atoms with Gasteiger partial charge in [0.1, 0.15) is 6.54 Å². The van der Waals surface area contributed by atoms with Gasteiger partial charge in [0.15, 0.2) is 5.13 Å². The summed E-state index contributed by atoms with van der Waals surface area (Å²) >= 11 is 1.36. The van der Waals surface area contributed by atoms with Gasteiger partial charge in [0.25, 0.3) is 0 Å². The van der Waals surface area contributed by atoms with Crippen molar-refractivity contribution in [2.45, 2.75) is 32.6 Å². The summed E-state index contributed by atoms with van der Waals surface area (Å²) < 4.78 is 0. The second-order valence-corrected chi connectivity index (χ2v) is 6.84. The minimum Gasteiger partial charge on any atom is -0.330 e. The number of amides is 2. The van der Waals surface area contributed by atoms with E-state index < -0.39 is 0 Å². The number of nitrogens with one attached hydrogen (secondary N) is 1. The van der Waals surface area contributed by atoms with E-state index in [4.69, 9.17) is 0 Å². The van der Waals surface area contributed by atoms with Crippen LogP contribution in [0, 0.1) is 0 Å². The highest BCUT2D eigenvalue weighted by molar-refractivity contribution is 7.13. The van der Waals surface area contributed by atoms with Gasteiger partial charge in [-0.25, -0.2) is 4.98 Å². The Hall–Kier alpha value is -2.47. The first kappa shape index (κ1) is 19.8. The third kappa shape index (κ3) is 7.19. The molecule has 0 atom stereocenters. The maximum absolute atomic E-state index is 12.6. The second kappa shape index (κ2) is 11.2. The quantitative estimate of drug-likeness (QED) is 0.503. The molecular weight excluding hydrogens is 346 g/mol. The highest BCUT2D eigenvalue weighted by Gasteiger charge is 2.15. The summed E-state index contributed by atoms with van der Waals surface area (Å²) in [7, 11) is 0. The number of rotatable bonds is 10. The minimum absolute atomic E-state index is 0.0314. The zero-order chi connectivity index (χ0) is 18.6. The highest BCUT2D eigenvalue weighted by atomic mass is 32.1. The summed E-state index contributed by atoms with van der Waals surface area (Å²) in [5, 5.41) is 5.08. The molecule has 1 aromatic heterocycles. The van der Waals surface area contributed by atoms with Crippen molar-refractivity contribution in [3.63, 3.8) is 0 Å². The fourth-order valence-corrected chi connectivity index (χ4v) is 3.00. The molecule has 0 bridgehead atoms. The monoisotopic (exact) mass is 371 g/mol. The van der Waals surface area contributed by atoms with Crippen molar-refractivity contribution in [2.24, 2.45) is 0 Å². The molecule has 0 aliphatic carbocycles. The maximum atomic E-state index is 12.6.